The third-order valence-electron chi connectivity index (χ3n) is 3.69. The fourth-order valence-corrected chi connectivity index (χ4v) is 2.24. The standard InChI is InChI=1S/C19H24N2O2/c1-14(2)16-6-8-17(9-7-16)21-19(22)20-13-12-15-4-10-18(23-3)11-5-15/h4-11,14H,12-13H2,1-3H3,(H2,20,21,22). The number of urea groups is 1. The minimum Gasteiger partial charge on any atom is -0.497 e. The van der Waals surface area contributed by atoms with Crippen molar-refractivity contribution in [1.29, 1.82) is 0 Å². The van der Waals surface area contributed by atoms with Gasteiger partial charge in [0, 0.05) is 12.2 Å². The van der Waals surface area contributed by atoms with E-state index in [9.17, 15) is 4.79 Å². The lowest BCUT2D eigenvalue weighted by atomic mass is 10.0. The molecule has 0 fully saturated rings. The molecule has 0 aromatic heterocycles. The van der Waals surface area contributed by atoms with Crippen LogP contribution in [0.25, 0.3) is 0 Å². The molecule has 0 spiro atoms. The molecule has 0 aliphatic heterocycles. The number of amides is 2. The van der Waals surface area contributed by atoms with Crippen molar-refractivity contribution in [3.63, 3.8) is 0 Å². The van der Waals surface area contributed by atoms with Crippen molar-refractivity contribution >= 4 is 11.7 Å². The second kappa shape index (κ2) is 8.22. The van der Waals surface area contributed by atoms with Crippen molar-refractivity contribution in [2.45, 2.75) is 26.2 Å². The molecule has 0 aliphatic carbocycles. The minimum absolute atomic E-state index is 0.184. The Hall–Kier alpha value is -2.49. The van der Waals surface area contributed by atoms with E-state index in [4.69, 9.17) is 4.74 Å². The lowest BCUT2D eigenvalue weighted by Gasteiger charge is -2.10. The van der Waals surface area contributed by atoms with Crippen LogP contribution in [0.1, 0.15) is 30.9 Å². The highest BCUT2D eigenvalue weighted by Crippen LogP contribution is 2.17. The number of ether oxygens (including phenoxy) is 1. The molecule has 0 radical (unpaired) electrons. The van der Waals surface area contributed by atoms with Crippen molar-refractivity contribution in [2.24, 2.45) is 0 Å². The van der Waals surface area contributed by atoms with Crippen molar-refractivity contribution < 1.29 is 9.53 Å². The zero-order valence-corrected chi connectivity index (χ0v) is 13.9. The summed E-state index contributed by atoms with van der Waals surface area (Å²) in [6.45, 7) is 4.88. The van der Waals surface area contributed by atoms with E-state index in [-0.39, 0.29) is 6.03 Å². The summed E-state index contributed by atoms with van der Waals surface area (Å²) in [4.78, 5) is 11.9. The number of methoxy groups -OCH3 is 1. The Morgan fingerprint density at radius 3 is 2.26 bits per heavy atom. The first-order valence-electron chi connectivity index (χ1n) is 7.86. The van der Waals surface area contributed by atoms with E-state index in [0.717, 1.165) is 23.4 Å². The van der Waals surface area contributed by atoms with Crippen LogP contribution < -0.4 is 15.4 Å². The van der Waals surface area contributed by atoms with Gasteiger partial charge in [0.2, 0.25) is 0 Å². The van der Waals surface area contributed by atoms with Gasteiger partial charge in [-0.05, 0) is 47.7 Å². The molecule has 0 saturated carbocycles. The van der Waals surface area contributed by atoms with E-state index in [1.54, 1.807) is 7.11 Å². The average Bonchev–Trinajstić information content (AvgIpc) is 2.56. The first kappa shape index (κ1) is 16.9. The largest absolute Gasteiger partial charge is 0.497 e. The maximum Gasteiger partial charge on any atom is 0.319 e. The zero-order chi connectivity index (χ0) is 16.7. The molecule has 0 saturated heterocycles. The number of nitrogens with one attached hydrogen (secondary N) is 2. The van der Waals surface area contributed by atoms with Gasteiger partial charge >= 0.3 is 6.03 Å². The fourth-order valence-electron chi connectivity index (χ4n) is 2.24. The molecule has 0 unspecified atom stereocenters. The number of carbonyl (C=O) groups is 1. The molecule has 2 aromatic rings. The number of benzene rings is 2. The van der Waals surface area contributed by atoms with Gasteiger partial charge in [-0.2, -0.15) is 0 Å². The van der Waals surface area contributed by atoms with Crippen LogP contribution >= 0.6 is 0 Å². The van der Waals surface area contributed by atoms with E-state index in [0.29, 0.717) is 12.5 Å². The second-order valence-corrected chi connectivity index (χ2v) is 5.76. The monoisotopic (exact) mass is 312 g/mol. The molecular weight excluding hydrogens is 288 g/mol. The van der Waals surface area contributed by atoms with Crippen LogP contribution in [0.4, 0.5) is 10.5 Å². The summed E-state index contributed by atoms with van der Waals surface area (Å²) >= 11 is 0. The van der Waals surface area contributed by atoms with Crippen molar-refractivity contribution in [3.8, 4) is 5.75 Å². The Morgan fingerprint density at radius 2 is 1.70 bits per heavy atom. The number of rotatable bonds is 6. The molecule has 2 amide bonds. The molecule has 2 N–H and O–H groups in total. The SMILES string of the molecule is COc1ccc(CCNC(=O)Nc2ccc(C(C)C)cc2)cc1. The Morgan fingerprint density at radius 1 is 1.04 bits per heavy atom. The third kappa shape index (κ3) is 5.33. The van der Waals surface area contributed by atoms with Crippen LogP contribution in [-0.2, 0) is 6.42 Å². The third-order valence-corrected chi connectivity index (χ3v) is 3.69. The normalized spacial score (nSPS) is 10.4. The lowest BCUT2D eigenvalue weighted by Crippen LogP contribution is -2.30. The van der Waals surface area contributed by atoms with Crippen LogP contribution in [0.3, 0.4) is 0 Å². The highest BCUT2D eigenvalue weighted by Gasteiger charge is 2.03. The van der Waals surface area contributed by atoms with Gasteiger partial charge in [-0.25, -0.2) is 4.79 Å². The van der Waals surface area contributed by atoms with Gasteiger partial charge in [0.05, 0.1) is 7.11 Å². The Kier molecular flexibility index (Phi) is 6.03. The molecule has 2 aromatic carbocycles. The fraction of sp³-hybridized carbons (Fsp3) is 0.316. The van der Waals surface area contributed by atoms with Gasteiger partial charge in [0.1, 0.15) is 5.75 Å². The summed E-state index contributed by atoms with van der Waals surface area (Å²) < 4.78 is 5.12. The predicted molar refractivity (Wildman–Crippen MR) is 94.3 cm³/mol. The molecule has 4 heteroatoms. The predicted octanol–water partition coefficient (Wildman–Crippen LogP) is 4.18. The van der Waals surface area contributed by atoms with Gasteiger partial charge in [-0.1, -0.05) is 38.1 Å². The van der Waals surface area contributed by atoms with Crippen molar-refractivity contribution in [1.82, 2.24) is 5.32 Å². The van der Waals surface area contributed by atoms with E-state index < -0.39 is 0 Å². The van der Waals surface area contributed by atoms with Gasteiger partial charge < -0.3 is 15.4 Å². The zero-order valence-electron chi connectivity index (χ0n) is 13.9. The number of anilines is 1. The molecule has 2 rings (SSSR count). The highest BCUT2D eigenvalue weighted by atomic mass is 16.5. The summed E-state index contributed by atoms with van der Waals surface area (Å²) in [5.74, 6) is 1.33. The summed E-state index contributed by atoms with van der Waals surface area (Å²) in [7, 11) is 1.65. The smallest absolute Gasteiger partial charge is 0.319 e. The highest BCUT2D eigenvalue weighted by molar-refractivity contribution is 5.89. The molecular formula is C19H24N2O2. The van der Waals surface area contributed by atoms with Crippen molar-refractivity contribution in [2.75, 3.05) is 19.0 Å². The van der Waals surface area contributed by atoms with Crippen LogP contribution in [0.15, 0.2) is 48.5 Å². The Labute approximate surface area is 137 Å². The summed E-state index contributed by atoms with van der Waals surface area (Å²) in [5, 5.41) is 5.71. The van der Waals surface area contributed by atoms with Crippen LogP contribution in [-0.4, -0.2) is 19.7 Å². The van der Waals surface area contributed by atoms with Gasteiger partial charge in [0.25, 0.3) is 0 Å². The van der Waals surface area contributed by atoms with Gasteiger partial charge in [0.15, 0.2) is 0 Å². The molecule has 122 valence electrons. The maximum atomic E-state index is 11.9. The van der Waals surface area contributed by atoms with Crippen LogP contribution in [0.2, 0.25) is 0 Å². The number of hydrogen-bond donors (Lipinski definition) is 2. The summed E-state index contributed by atoms with van der Waals surface area (Å²) in [6, 6.07) is 15.6. The van der Waals surface area contributed by atoms with Crippen LogP contribution in [0.5, 0.6) is 5.75 Å². The topological polar surface area (TPSA) is 50.4 Å². The van der Waals surface area contributed by atoms with Crippen molar-refractivity contribution in [3.05, 3.63) is 59.7 Å². The van der Waals surface area contributed by atoms with E-state index in [1.165, 1.54) is 5.56 Å². The Balaban J connectivity index is 1.76. The first-order valence-corrected chi connectivity index (χ1v) is 7.86. The van der Waals surface area contributed by atoms with E-state index in [1.807, 2.05) is 48.5 Å². The van der Waals surface area contributed by atoms with E-state index in [2.05, 4.69) is 24.5 Å². The van der Waals surface area contributed by atoms with Crippen LogP contribution in [0, 0.1) is 0 Å². The Bertz CT molecular complexity index is 619. The molecule has 23 heavy (non-hydrogen) atoms. The molecule has 0 aliphatic rings. The molecule has 0 heterocycles. The lowest BCUT2D eigenvalue weighted by molar-refractivity contribution is 0.252. The molecule has 0 bridgehead atoms. The quantitative estimate of drug-likeness (QED) is 0.840. The second-order valence-electron chi connectivity index (χ2n) is 5.76. The van der Waals surface area contributed by atoms with Gasteiger partial charge in [-0.3, -0.25) is 0 Å². The summed E-state index contributed by atoms with van der Waals surface area (Å²) in [5.41, 5.74) is 3.22. The first-order chi connectivity index (χ1) is 11.1. The average molecular weight is 312 g/mol. The molecule has 0 atom stereocenters. The van der Waals surface area contributed by atoms with Gasteiger partial charge in [-0.15, -0.1) is 0 Å². The number of carbonyl (C=O) groups excluding carboxylic acids is 1. The summed E-state index contributed by atoms with van der Waals surface area (Å²) in [6.07, 6.45) is 0.781. The van der Waals surface area contributed by atoms with E-state index >= 15 is 0 Å². The minimum atomic E-state index is -0.184. The maximum absolute atomic E-state index is 11.9. The molecule has 4 nitrogen and oxygen atoms in total. The number of hydrogen-bond acceptors (Lipinski definition) is 2.